The molecule has 0 amide bonds. The average Bonchev–Trinajstić information content (AvgIpc) is 2.50. The molecule has 0 saturated heterocycles. The number of methoxy groups -OCH3 is 1. The largest absolute Gasteiger partial charge is 0.372 e. The van der Waals surface area contributed by atoms with Gasteiger partial charge < -0.3 is 9.64 Å². The molecule has 0 bridgehead atoms. The average molecular weight is 296 g/mol. The minimum Gasteiger partial charge on any atom is -0.372 e. The van der Waals surface area contributed by atoms with Gasteiger partial charge >= 0.3 is 0 Å². The highest BCUT2D eigenvalue weighted by molar-refractivity contribution is 5.64. The highest BCUT2D eigenvalue weighted by Gasteiger charge is 2.16. The molecule has 0 aliphatic heterocycles. The number of hydrogen-bond donors (Lipinski definition) is 0. The lowest BCUT2D eigenvalue weighted by Gasteiger charge is -2.20. The molecule has 3 heteroatoms. The summed E-state index contributed by atoms with van der Waals surface area (Å²) in [5.41, 5.74) is 5.69. The van der Waals surface area contributed by atoms with Gasteiger partial charge in [0.1, 0.15) is 6.10 Å². The van der Waals surface area contributed by atoms with Gasteiger partial charge in [0.25, 0.3) is 0 Å². The lowest BCUT2D eigenvalue weighted by atomic mass is 9.95. The van der Waals surface area contributed by atoms with Crippen molar-refractivity contribution in [1.29, 1.82) is 0 Å². The van der Waals surface area contributed by atoms with Gasteiger partial charge in [-0.3, -0.25) is 0 Å². The van der Waals surface area contributed by atoms with Crippen molar-refractivity contribution in [3.63, 3.8) is 0 Å². The van der Waals surface area contributed by atoms with E-state index in [0.29, 0.717) is 0 Å². The topological polar surface area (TPSA) is 24.8 Å². The molecule has 0 fully saturated rings. The number of hydrogen-bond acceptors (Lipinski definition) is 2. The van der Waals surface area contributed by atoms with E-state index in [2.05, 4.69) is 43.1 Å². The van der Waals surface area contributed by atoms with Gasteiger partial charge in [0, 0.05) is 21.2 Å². The summed E-state index contributed by atoms with van der Waals surface area (Å²) in [5, 5.41) is 0. The molecule has 0 N–H and O–H groups in total. The highest BCUT2D eigenvalue weighted by Crippen LogP contribution is 2.32. The predicted octanol–water partition coefficient (Wildman–Crippen LogP) is 4.26. The molecule has 0 saturated carbocycles. The summed E-state index contributed by atoms with van der Waals surface area (Å²) in [6.45, 7) is 4.20. The molecule has 1 unspecified atom stereocenters. The Bertz CT molecular complexity index is 648. The molecule has 22 heavy (non-hydrogen) atoms. The van der Waals surface area contributed by atoms with Crippen LogP contribution in [-0.2, 0) is 4.74 Å². The van der Waals surface area contributed by atoms with Crippen molar-refractivity contribution in [2.24, 2.45) is 4.99 Å². The van der Waals surface area contributed by atoms with Crippen LogP contribution in [0.5, 0.6) is 0 Å². The normalized spacial score (nSPS) is 12.6. The summed E-state index contributed by atoms with van der Waals surface area (Å²) in [6, 6.07) is 14.6. The number of ether oxygens (including phenoxy) is 1. The third-order valence-electron chi connectivity index (χ3n) is 3.63. The standard InChI is InChI=1S/C19H24N2O/c1-14-12-18(20-13-21(3)4)15(2)11-17(14)19(22-5)16-9-7-6-8-10-16/h6-13,19H,1-5H3. The maximum Gasteiger partial charge on any atom is 0.107 e. The van der Waals surface area contributed by atoms with Crippen LogP contribution < -0.4 is 0 Å². The molecule has 0 spiro atoms. The van der Waals surface area contributed by atoms with Gasteiger partial charge in [0.2, 0.25) is 0 Å². The molecule has 0 aliphatic carbocycles. The van der Waals surface area contributed by atoms with Crippen LogP contribution in [0.2, 0.25) is 0 Å². The Hall–Kier alpha value is -2.13. The fourth-order valence-electron chi connectivity index (χ4n) is 2.49. The Balaban J connectivity index is 2.41. The fourth-order valence-corrected chi connectivity index (χ4v) is 2.49. The second-order valence-corrected chi connectivity index (χ2v) is 5.73. The van der Waals surface area contributed by atoms with Crippen LogP contribution in [-0.4, -0.2) is 32.4 Å². The number of aryl methyl sites for hydroxylation is 2. The predicted molar refractivity (Wildman–Crippen MR) is 93.0 cm³/mol. The third kappa shape index (κ3) is 3.74. The van der Waals surface area contributed by atoms with E-state index in [1.54, 1.807) is 7.11 Å². The summed E-state index contributed by atoms with van der Waals surface area (Å²) in [5.74, 6) is 0. The van der Waals surface area contributed by atoms with Crippen molar-refractivity contribution in [1.82, 2.24) is 4.90 Å². The Morgan fingerprint density at radius 1 is 1.05 bits per heavy atom. The Labute approximate surface area is 133 Å². The molecule has 0 aliphatic rings. The minimum atomic E-state index is -0.0493. The molecule has 3 nitrogen and oxygen atoms in total. The molecule has 2 aromatic rings. The molecule has 116 valence electrons. The quantitative estimate of drug-likeness (QED) is 0.608. The van der Waals surface area contributed by atoms with Crippen LogP contribution >= 0.6 is 0 Å². The first kappa shape index (κ1) is 16.2. The summed E-state index contributed by atoms with van der Waals surface area (Å²) >= 11 is 0. The second-order valence-electron chi connectivity index (χ2n) is 5.73. The van der Waals surface area contributed by atoms with Crippen molar-refractivity contribution in [3.05, 3.63) is 64.7 Å². The maximum atomic E-state index is 5.75. The number of benzene rings is 2. The van der Waals surface area contributed by atoms with Crippen LogP contribution in [0.15, 0.2) is 47.5 Å². The van der Waals surface area contributed by atoms with Crippen molar-refractivity contribution in [3.8, 4) is 0 Å². The van der Waals surface area contributed by atoms with Crippen molar-refractivity contribution >= 4 is 12.0 Å². The van der Waals surface area contributed by atoms with E-state index in [4.69, 9.17) is 4.74 Å². The zero-order chi connectivity index (χ0) is 16.1. The molecular formula is C19H24N2O. The highest BCUT2D eigenvalue weighted by atomic mass is 16.5. The zero-order valence-corrected chi connectivity index (χ0v) is 14.0. The van der Waals surface area contributed by atoms with Gasteiger partial charge in [-0.15, -0.1) is 0 Å². The van der Waals surface area contributed by atoms with E-state index in [1.165, 1.54) is 11.1 Å². The van der Waals surface area contributed by atoms with Crippen LogP contribution in [0.3, 0.4) is 0 Å². The zero-order valence-electron chi connectivity index (χ0n) is 14.0. The SMILES string of the molecule is COC(c1ccccc1)c1cc(C)c(N=CN(C)C)cc1C. The molecule has 2 aromatic carbocycles. The first-order valence-corrected chi connectivity index (χ1v) is 7.42. The second kappa shape index (κ2) is 7.23. The monoisotopic (exact) mass is 296 g/mol. The first-order valence-electron chi connectivity index (χ1n) is 7.42. The third-order valence-corrected chi connectivity index (χ3v) is 3.63. The lowest BCUT2D eigenvalue weighted by Crippen LogP contribution is -2.08. The van der Waals surface area contributed by atoms with Crippen molar-refractivity contribution < 1.29 is 4.74 Å². The van der Waals surface area contributed by atoms with Crippen molar-refractivity contribution in [2.45, 2.75) is 20.0 Å². The molecule has 0 heterocycles. The fraction of sp³-hybridized carbons (Fsp3) is 0.316. The Morgan fingerprint density at radius 2 is 1.73 bits per heavy atom. The van der Waals surface area contributed by atoms with Gasteiger partial charge in [-0.1, -0.05) is 36.4 Å². The minimum absolute atomic E-state index is 0.0493. The van der Waals surface area contributed by atoms with E-state index >= 15 is 0 Å². The van der Waals surface area contributed by atoms with E-state index in [9.17, 15) is 0 Å². The Morgan fingerprint density at radius 3 is 2.32 bits per heavy atom. The van der Waals surface area contributed by atoms with E-state index in [0.717, 1.165) is 16.8 Å². The number of aliphatic imine (C=N–C) groups is 1. The smallest absolute Gasteiger partial charge is 0.107 e. The van der Waals surface area contributed by atoms with E-state index in [1.807, 2.05) is 43.5 Å². The van der Waals surface area contributed by atoms with Gasteiger partial charge in [-0.25, -0.2) is 4.99 Å². The molecule has 0 radical (unpaired) electrons. The summed E-state index contributed by atoms with van der Waals surface area (Å²) in [4.78, 5) is 6.46. The molecule has 2 rings (SSSR count). The lowest BCUT2D eigenvalue weighted by molar-refractivity contribution is 0.136. The van der Waals surface area contributed by atoms with Gasteiger partial charge in [-0.05, 0) is 42.2 Å². The van der Waals surface area contributed by atoms with Gasteiger partial charge in [-0.2, -0.15) is 0 Å². The van der Waals surface area contributed by atoms with Gasteiger partial charge in [0.15, 0.2) is 0 Å². The van der Waals surface area contributed by atoms with Crippen LogP contribution in [0.25, 0.3) is 0 Å². The van der Waals surface area contributed by atoms with E-state index < -0.39 is 0 Å². The molecule has 1 atom stereocenters. The molecular weight excluding hydrogens is 272 g/mol. The maximum absolute atomic E-state index is 5.75. The van der Waals surface area contributed by atoms with Gasteiger partial charge in [0.05, 0.1) is 12.0 Å². The first-order chi connectivity index (χ1) is 10.5. The van der Waals surface area contributed by atoms with Crippen LogP contribution in [0.4, 0.5) is 5.69 Å². The summed E-state index contributed by atoms with van der Waals surface area (Å²) in [6.07, 6.45) is 1.78. The Kier molecular flexibility index (Phi) is 5.34. The number of rotatable bonds is 5. The van der Waals surface area contributed by atoms with Crippen LogP contribution in [0, 0.1) is 13.8 Å². The molecule has 0 aromatic heterocycles. The number of nitrogens with zero attached hydrogens (tertiary/aromatic N) is 2. The summed E-state index contributed by atoms with van der Waals surface area (Å²) in [7, 11) is 5.69. The van der Waals surface area contributed by atoms with Crippen molar-refractivity contribution in [2.75, 3.05) is 21.2 Å². The summed E-state index contributed by atoms with van der Waals surface area (Å²) < 4.78 is 5.75. The van der Waals surface area contributed by atoms with E-state index in [-0.39, 0.29) is 6.10 Å². The van der Waals surface area contributed by atoms with Crippen LogP contribution in [0.1, 0.15) is 28.4 Å².